The lowest BCUT2D eigenvalue weighted by Gasteiger charge is -2.25. The van der Waals surface area contributed by atoms with Gasteiger partial charge in [0, 0.05) is 25.2 Å². The molecule has 0 amide bonds. The Morgan fingerprint density at radius 3 is 2.80 bits per heavy atom. The van der Waals surface area contributed by atoms with Crippen molar-refractivity contribution in [2.45, 2.75) is 39.5 Å². The molecule has 4 heteroatoms. The number of rotatable bonds is 6. The Morgan fingerprint density at radius 2 is 2.10 bits per heavy atom. The fourth-order valence-electron chi connectivity index (χ4n) is 2.43. The Kier molecular flexibility index (Phi) is 5.12. The van der Waals surface area contributed by atoms with Crippen LogP contribution >= 0.6 is 12.2 Å². The summed E-state index contributed by atoms with van der Waals surface area (Å²) in [5, 5.41) is 3.35. The van der Waals surface area contributed by atoms with E-state index in [-0.39, 0.29) is 0 Å². The van der Waals surface area contributed by atoms with Gasteiger partial charge < -0.3 is 5.01 Å². The van der Waals surface area contributed by atoms with Crippen molar-refractivity contribution in [1.82, 2.24) is 9.66 Å². The molecule has 108 valence electrons. The number of aryl methyl sites for hydroxylation is 1. The van der Waals surface area contributed by atoms with E-state index in [2.05, 4.69) is 47.7 Å². The number of aromatic nitrogens is 2. The van der Waals surface area contributed by atoms with Gasteiger partial charge in [0.25, 0.3) is 0 Å². The highest BCUT2D eigenvalue weighted by atomic mass is 32.1. The zero-order valence-corrected chi connectivity index (χ0v) is 13.4. The Bertz CT molecular complexity index is 633. The van der Waals surface area contributed by atoms with Crippen molar-refractivity contribution < 1.29 is 0 Å². The second kappa shape index (κ2) is 6.84. The molecule has 0 bridgehead atoms. The quantitative estimate of drug-likeness (QED) is 0.748. The van der Waals surface area contributed by atoms with Crippen molar-refractivity contribution in [2.24, 2.45) is 0 Å². The van der Waals surface area contributed by atoms with Gasteiger partial charge in [-0.15, -0.1) is 0 Å². The van der Waals surface area contributed by atoms with Gasteiger partial charge >= 0.3 is 0 Å². The lowest BCUT2D eigenvalue weighted by Crippen LogP contribution is -2.33. The summed E-state index contributed by atoms with van der Waals surface area (Å²) in [5.41, 5.74) is 2.20. The summed E-state index contributed by atoms with van der Waals surface area (Å²) < 4.78 is 3.00. The van der Waals surface area contributed by atoms with Crippen LogP contribution < -0.4 is 5.01 Å². The van der Waals surface area contributed by atoms with Crippen molar-refractivity contribution in [2.75, 3.05) is 18.6 Å². The van der Waals surface area contributed by atoms with E-state index in [4.69, 9.17) is 12.2 Å². The van der Waals surface area contributed by atoms with Crippen LogP contribution in [-0.4, -0.2) is 23.3 Å². The molecule has 0 aliphatic heterocycles. The number of pyridine rings is 2. The fourth-order valence-corrected chi connectivity index (χ4v) is 2.82. The highest BCUT2D eigenvalue weighted by molar-refractivity contribution is 7.71. The van der Waals surface area contributed by atoms with Crippen LogP contribution in [0.25, 0.3) is 11.0 Å². The zero-order chi connectivity index (χ0) is 14.5. The van der Waals surface area contributed by atoms with Gasteiger partial charge in [-0.1, -0.05) is 38.9 Å². The molecule has 0 saturated carbocycles. The smallest absolute Gasteiger partial charge is 0.159 e. The zero-order valence-electron chi connectivity index (χ0n) is 12.6. The molecule has 0 aromatic carbocycles. The molecule has 0 aliphatic rings. The van der Waals surface area contributed by atoms with Gasteiger partial charge in [-0.05, 0) is 36.6 Å². The topological polar surface area (TPSA) is 21.1 Å². The molecular weight excluding hydrogens is 266 g/mol. The summed E-state index contributed by atoms with van der Waals surface area (Å²) in [6.45, 7) is 5.39. The summed E-state index contributed by atoms with van der Waals surface area (Å²) in [6.07, 6.45) is 6.29. The molecule has 0 spiro atoms. The summed E-state index contributed by atoms with van der Waals surface area (Å²) in [5.74, 6) is 0. The number of hydrogen-bond acceptors (Lipinski definition) is 3. The van der Waals surface area contributed by atoms with Gasteiger partial charge in [0.1, 0.15) is 4.64 Å². The molecule has 0 fully saturated rings. The van der Waals surface area contributed by atoms with Crippen LogP contribution in [0.5, 0.6) is 0 Å². The monoisotopic (exact) mass is 289 g/mol. The maximum absolute atomic E-state index is 5.69. The van der Waals surface area contributed by atoms with E-state index in [1.54, 1.807) is 0 Å². The molecule has 20 heavy (non-hydrogen) atoms. The molecule has 2 aromatic rings. The van der Waals surface area contributed by atoms with Crippen LogP contribution in [0.3, 0.4) is 0 Å². The molecule has 0 unspecified atom stereocenters. The molecular formula is C16H23N3S. The Balaban J connectivity index is 2.59. The van der Waals surface area contributed by atoms with Crippen molar-refractivity contribution >= 4 is 23.3 Å². The van der Waals surface area contributed by atoms with E-state index < -0.39 is 0 Å². The number of hydrogen-bond donors (Lipinski definition) is 0. The van der Waals surface area contributed by atoms with Crippen molar-refractivity contribution in [1.29, 1.82) is 0 Å². The minimum atomic E-state index is 0.900. The Labute approximate surface area is 126 Å². The predicted octanol–water partition coefficient (Wildman–Crippen LogP) is 4.09. The normalized spacial score (nSPS) is 10.9. The van der Waals surface area contributed by atoms with E-state index in [0.29, 0.717) is 0 Å². The first-order chi connectivity index (χ1) is 9.69. The lowest BCUT2D eigenvalue weighted by molar-refractivity contribution is 0.616. The highest BCUT2D eigenvalue weighted by Gasteiger charge is 2.10. The van der Waals surface area contributed by atoms with Crippen LogP contribution in [-0.2, 0) is 6.42 Å². The molecule has 0 atom stereocenters. The van der Waals surface area contributed by atoms with E-state index in [0.717, 1.165) is 41.5 Å². The molecule has 2 heterocycles. The Hall–Kier alpha value is -1.42. The summed E-state index contributed by atoms with van der Waals surface area (Å²) in [7, 11) is 2.09. The van der Waals surface area contributed by atoms with Gasteiger partial charge in [0.2, 0.25) is 0 Å². The van der Waals surface area contributed by atoms with Crippen LogP contribution in [0, 0.1) is 4.64 Å². The number of fused-ring (bicyclic) bond motifs is 1. The van der Waals surface area contributed by atoms with Crippen LogP contribution in [0.1, 0.15) is 38.7 Å². The SMILES string of the molecule is CCCCN(C)n1c(=S)c(CCC)cc2cccnc21. The lowest BCUT2D eigenvalue weighted by atomic mass is 10.1. The Morgan fingerprint density at radius 1 is 1.30 bits per heavy atom. The van der Waals surface area contributed by atoms with Crippen molar-refractivity contribution in [3.63, 3.8) is 0 Å². The van der Waals surface area contributed by atoms with E-state index in [1.807, 2.05) is 12.3 Å². The molecule has 2 rings (SSSR count). The van der Waals surface area contributed by atoms with Crippen LogP contribution in [0.2, 0.25) is 0 Å². The number of nitrogens with zero attached hydrogens (tertiary/aromatic N) is 3. The largest absolute Gasteiger partial charge is 0.313 e. The molecule has 0 radical (unpaired) electrons. The third-order valence-corrected chi connectivity index (χ3v) is 3.95. The van der Waals surface area contributed by atoms with E-state index >= 15 is 0 Å². The molecule has 3 nitrogen and oxygen atoms in total. The van der Waals surface area contributed by atoms with Gasteiger partial charge in [0.15, 0.2) is 5.65 Å². The second-order valence-electron chi connectivity index (χ2n) is 5.19. The standard InChI is InChI=1S/C16H23N3S/c1-4-6-11-18(3)19-15-13(9-7-10-17-15)12-14(8-5-2)16(19)20/h7,9-10,12H,4-6,8,11H2,1-3H3. The van der Waals surface area contributed by atoms with Crippen molar-refractivity contribution in [3.05, 3.63) is 34.6 Å². The fraction of sp³-hybridized carbons (Fsp3) is 0.500. The van der Waals surface area contributed by atoms with Crippen molar-refractivity contribution in [3.8, 4) is 0 Å². The average molecular weight is 289 g/mol. The summed E-state index contributed by atoms with van der Waals surface area (Å²) in [6, 6.07) is 6.29. The molecule has 2 aromatic heterocycles. The molecule has 0 saturated heterocycles. The predicted molar refractivity (Wildman–Crippen MR) is 88.5 cm³/mol. The van der Waals surface area contributed by atoms with Gasteiger partial charge in [-0.3, -0.25) is 0 Å². The van der Waals surface area contributed by atoms with Gasteiger partial charge in [0.05, 0.1) is 0 Å². The van der Waals surface area contributed by atoms with Crippen LogP contribution in [0.15, 0.2) is 24.4 Å². The van der Waals surface area contributed by atoms with Crippen LogP contribution in [0.4, 0.5) is 0 Å². The van der Waals surface area contributed by atoms with Gasteiger partial charge in [-0.25, -0.2) is 9.66 Å². The third-order valence-electron chi connectivity index (χ3n) is 3.51. The second-order valence-corrected chi connectivity index (χ2v) is 5.57. The average Bonchev–Trinajstić information content (AvgIpc) is 2.46. The van der Waals surface area contributed by atoms with E-state index in [9.17, 15) is 0 Å². The maximum atomic E-state index is 5.69. The third kappa shape index (κ3) is 3.01. The summed E-state index contributed by atoms with van der Waals surface area (Å²) >= 11 is 5.69. The van der Waals surface area contributed by atoms with Gasteiger partial charge in [-0.2, -0.15) is 0 Å². The maximum Gasteiger partial charge on any atom is 0.159 e. The van der Waals surface area contributed by atoms with E-state index in [1.165, 1.54) is 12.0 Å². The number of unbranched alkanes of at least 4 members (excludes halogenated alkanes) is 1. The highest BCUT2D eigenvalue weighted by Crippen LogP contribution is 2.18. The molecule has 0 aliphatic carbocycles. The first kappa shape index (κ1) is 15.0. The summed E-state index contributed by atoms with van der Waals surface area (Å²) in [4.78, 5) is 4.53. The molecule has 0 N–H and O–H groups in total. The minimum absolute atomic E-state index is 0.900. The first-order valence-corrected chi connectivity index (χ1v) is 7.81. The minimum Gasteiger partial charge on any atom is -0.313 e. The first-order valence-electron chi connectivity index (χ1n) is 7.40.